The first kappa shape index (κ1) is 15.5. The van der Waals surface area contributed by atoms with E-state index in [1.807, 2.05) is 38.1 Å². The SMILES string of the molecule is CCC(C)(CCO)NC(=O)CCc1ccc(N)cc1. The van der Waals surface area contributed by atoms with Crippen LogP contribution in [-0.2, 0) is 11.2 Å². The summed E-state index contributed by atoms with van der Waals surface area (Å²) in [4.78, 5) is 11.9. The standard InChI is InChI=1S/C15H24N2O2/c1-3-15(2,10-11-18)17-14(19)9-6-12-4-7-13(16)8-5-12/h4-5,7-8,18H,3,6,9-11,16H2,1-2H3,(H,17,19). The van der Waals surface area contributed by atoms with Crippen molar-refractivity contribution in [3.05, 3.63) is 29.8 Å². The van der Waals surface area contributed by atoms with Crippen LogP contribution in [0.5, 0.6) is 0 Å². The highest BCUT2D eigenvalue weighted by Gasteiger charge is 2.23. The number of nitrogens with two attached hydrogens (primary N) is 1. The lowest BCUT2D eigenvalue weighted by atomic mass is 9.94. The molecule has 0 saturated heterocycles. The lowest BCUT2D eigenvalue weighted by Crippen LogP contribution is -2.46. The molecule has 19 heavy (non-hydrogen) atoms. The van der Waals surface area contributed by atoms with Crippen molar-refractivity contribution in [2.75, 3.05) is 12.3 Å². The van der Waals surface area contributed by atoms with Gasteiger partial charge in [0, 0.05) is 24.3 Å². The van der Waals surface area contributed by atoms with Gasteiger partial charge in [0.1, 0.15) is 0 Å². The molecule has 0 aromatic heterocycles. The summed E-state index contributed by atoms with van der Waals surface area (Å²) in [5, 5.41) is 12.0. The third-order valence-corrected chi connectivity index (χ3v) is 3.51. The summed E-state index contributed by atoms with van der Waals surface area (Å²) in [7, 11) is 0. The van der Waals surface area contributed by atoms with E-state index in [-0.39, 0.29) is 18.1 Å². The molecule has 0 fully saturated rings. The number of anilines is 1. The van der Waals surface area contributed by atoms with Crippen molar-refractivity contribution >= 4 is 11.6 Å². The van der Waals surface area contributed by atoms with Crippen LogP contribution in [0.2, 0.25) is 0 Å². The Morgan fingerprint density at radius 1 is 1.37 bits per heavy atom. The maximum atomic E-state index is 11.9. The van der Waals surface area contributed by atoms with Crippen LogP contribution in [0.3, 0.4) is 0 Å². The van der Waals surface area contributed by atoms with E-state index in [0.717, 1.165) is 17.7 Å². The Hall–Kier alpha value is -1.55. The second kappa shape index (κ2) is 7.14. The molecule has 0 spiro atoms. The predicted molar refractivity (Wildman–Crippen MR) is 77.7 cm³/mol. The molecule has 1 aromatic carbocycles. The summed E-state index contributed by atoms with van der Waals surface area (Å²) in [6.07, 6.45) is 2.54. The molecule has 1 amide bonds. The van der Waals surface area contributed by atoms with E-state index in [1.54, 1.807) is 0 Å². The summed E-state index contributed by atoms with van der Waals surface area (Å²) < 4.78 is 0. The lowest BCUT2D eigenvalue weighted by molar-refractivity contribution is -0.123. The Morgan fingerprint density at radius 2 is 2.00 bits per heavy atom. The minimum Gasteiger partial charge on any atom is -0.399 e. The van der Waals surface area contributed by atoms with Crippen LogP contribution >= 0.6 is 0 Å². The smallest absolute Gasteiger partial charge is 0.220 e. The first-order valence-electron chi connectivity index (χ1n) is 6.75. The number of aryl methyl sites for hydroxylation is 1. The Balaban J connectivity index is 2.45. The summed E-state index contributed by atoms with van der Waals surface area (Å²) in [6, 6.07) is 7.56. The van der Waals surface area contributed by atoms with Gasteiger partial charge in [-0.1, -0.05) is 19.1 Å². The Labute approximate surface area is 115 Å². The first-order valence-corrected chi connectivity index (χ1v) is 6.75. The van der Waals surface area contributed by atoms with Gasteiger partial charge in [-0.05, 0) is 43.9 Å². The number of rotatable bonds is 7. The molecule has 4 nitrogen and oxygen atoms in total. The fourth-order valence-electron chi connectivity index (χ4n) is 1.92. The van der Waals surface area contributed by atoms with Crippen LogP contribution in [0, 0.1) is 0 Å². The van der Waals surface area contributed by atoms with Crippen LogP contribution in [0.15, 0.2) is 24.3 Å². The van der Waals surface area contributed by atoms with E-state index in [0.29, 0.717) is 19.3 Å². The van der Waals surface area contributed by atoms with Crippen molar-refractivity contribution in [2.45, 2.75) is 45.1 Å². The number of nitrogens with one attached hydrogen (secondary N) is 1. The molecular formula is C15H24N2O2. The number of aliphatic hydroxyl groups excluding tert-OH is 1. The predicted octanol–water partition coefficient (Wildman–Crippen LogP) is 1.87. The van der Waals surface area contributed by atoms with Gasteiger partial charge in [-0.25, -0.2) is 0 Å². The van der Waals surface area contributed by atoms with Crippen LogP contribution < -0.4 is 11.1 Å². The number of aliphatic hydroxyl groups is 1. The van der Waals surface area contributed by atoms with Crippen molar-refractivity contribution in [2.24, 2.45) is 0 Å². The number of carbonyl (C=O) groups excluding carboxylic acids is 1. The van der Waals surface area contributed by atoms with Crippen molar-refractivity contribution in [1.82, 2.24) is 5.32 Å². The van der Waals surface area contributed by atoms with Crippen LogP contribution in [-0.4, -0.2) is 23.2 Å². The molecule has 1 rings (SSSR count). The molecule has 4 N–H and O–H groups in total. The average Bonchev–Trinajstić information content (AvgIpc) is 2.38. The van der Waals surface area contributed by atoms with Crippen molar-refractivity contribution in [3.8, 4) is 0 Å². The normalized spacial score (nSPS) is 13.8. The molecule has 0 aliphatic rings. The molecule has 1 aromatic rings. The summed E-state index contributed by atoms with van der Waals surface area (Å²) in [6.45, 7) is 4.06. The van der Waals surface area contributed by atoms with Gasteiger partial charge in [0.05, 0.1) is 0 Å². The lowest BCUT2D eigenvalue weighted by Gasteiger charge is -2.29. The quantitative estimate of drug-likeness (QED) is 0.658. The fourth-order valence-corrected chi connectivity index (χ4v) is 1.92. The van der Waals surface area contributed by atoms with E-state index in [9.17, 15) is 4.79 Å². The first-order chi connectivity index (χ1) is 8.99. The number of nitrogen functional groups attached to an aromatic ring is 1. The molecule has 0 aliphatic carbocycles. The van der Waals surface area contributed by atoms with Gasteiger partial charge in [-0.3, -0.25) is 4.79 Å². The Kier molecular flexibility index (Phi) is 5.83. The zero-order valence-electron chi connectivity index (χ0n) is 11.8. The zero-order valence-corrected chi connectivity index (χ0v) is 11.8. The van der Waals surface area contributed by atoms with Gasteiger partial charge >= 0.3 is 0 Å². The second-order valence-corrected chi connectivity index (χ2v) is 5.18. The molecule has 1 unspecified atom stereocenters. The third-order valence-electron chi connectivity index (χ3n) is 3.51. The minimum atomic E-state index is -0.313. The van der Waals surface area contributed by atoms with Gasteiger partial charge in [0.15, 0.2) is 0 Å². The van der Waals surface area contributed by atoms with Crippen molar-refractivity contribution < 1.29 is 9.90 Å². The van der Waals surface area contributed by atoms with Crippen molar-refractivity contribution in [3.63, 3.8) is 0 Å². The molecule has 4 heteroatoms. The van der Waals surface area contributed by atoms with E-state index in [1.165, 1.54) is 0 Å². The molecular weight excluding hydrogens is 240 g/mol. The second-order valence-electron chi connectivity index (χ2n) is 5.18. The van der Waals surface area contributed by atoms with E-state index < -0.39 is 0 Å². The molecule has 0 saturated carbocycles. The van der Waals surface area contributed by atoms with Gasteiger partial charge in [0.25, 0.3) is 0 Å². The van der Waals surface area contributed by atoms with Gasteiger partial charge < -0.3 is 16.2 Å². The topological polar surface area (TPSA) is 75.3 Å². The molecule has 0 radical (unpaired) electrons. The average molecular weight is 264 g/mol. The summed E-state index contributed by atoms with van der Waals surface area (Å²) in [5.74, 6) is 0.0228. The summed E-state index contributed by atoms with van der Waals surface area (Å²) in [5.41, 5.74) is 7.13. The number of hydrogen-bond acceptors (Lipinski definition) is 3. The van der Waals surface area contributed by atoms with Crippen LogP contribution in [0.1, 0.15) is 38.7 Å². The fraction of sp³-hybridized carbons (Fsp3) is 0.533. The van der Waals surface area contributed by atoms with Gasteiger partial charge in [-0.2, -0.15) is 0 Å². The summed E-state index contributed by atoms with van der Waals surface area (Å²) >= 11 is 0. The van der Waals surface area contributed by atoms with E-state index in [2.05, 4.69) is 5.32 Å². The third kappa shape index (κ3) is 5.30. The molecule has 0 bridgehead atoms. The highest BCUT2D eigenvalue weighted by Crippen LogP contribution is 2.14. The zero-order chi connectivity index (χ0) is 14.3. The molecule has 1 atom stereocenters. The largest absolute Gasteiger partial charge is 0.399 e. The molecule has 0 heterocycles. The highest BCUT2D eigenvalue weighted by atomic mass is 16.3. The molecule has 106 valence electrons. The van der Waals surface area contributed by atoms with E-state index in [4.69, 9.17) is 10.8 Å². The monoisotopic (exact) mass is 264 g/mol. The Morgan fingerprint density at radius 3 is 2.53 bits per heavy atom. The van der Waals surface area contributed by atoms with Gasteiger partial charge in [-0.15, -0.1) is 0 Å². The number of carbonyl (C=O) groups is 1. The van der Waals surface area contributed by atoms with E-state index >= 15 is 0 Å². The number of amides is 1. The number of benzene rings is 1. The Bertz CT molecular complexity index is 403. The van der Waals surface area contributed by atoms with Crippen molar-refractivity contribution in [1.29, 1.82) is 0 Å². The van der Waals surface area contributed by atoms with Gasteiger partial charge in [0.2, 0.25) is 5.91 Å². The van der Waals surface area contributed by atoms with Crippen LogP contribution in [0.4, 0.5) is 5.69 Å². The maximum absolute atomic E-state index is 11.9. The number of hydrogen-bond donors (Lipinski definition) is 3. The highest BCUT2D eigenvalue weighted by molar-refractivity contribution is 5.77. The maximum Gasteiger partial charge on any atom is 0.220 e. The van der Waals surface area contributed by atoms with Crippen LogP contribution in [0.25, 0.3) is 0 Å². The molecule has 0 aliphatic heterocycles. The minimum absolute atomic E-state index is 0.0228.